The summed E-state index contributed by atoms with van der Waals surface area (Å²) in [7, 11) is -1.89. The van der Waals surface area contributed by atoms with Gasteiger partial charge in [0.1, 0.15) is 10.6 Å². The highest BCUT2D eigenvalue weighted by molar-refractivity contribution is 7.89. The number of guanidine groups is 1. The van der Waals surface area contributed by atoms with Crippen LogP contribution in [0.4, 0.5) is 0 Å². The van der Waals surface area contributed by atoms with Crippen molar-refractivity contribution in [1.82, 2.24) is 20.3 Å². The molecule has 0 aliphatic heterocycles. The highest BCUT2D eigenvalue weighted by Gasteiger charge is 2.22. The van der Waals surface area contributed by atoms with Gasteiger partial charge in [-0.1, -0.05) is 18.2 Å². The van der Waals surface area contributed by atoms with E-state index in [9.17, 15) is 8.42 Å². The number of sulfonamides is 1. The van der Waals surface area contributed by atoms with E-state index in [0.29, 0.717) is 25.0 Å². The van der Waals surface area contributed by atoms with E-state index in [0.717, 1.165) is 17.9 Å². The summed E-state index contributed by atoms with van der Waals surface area (Å²) in [6.07, 6.45) is 5.35. The lowest BCUT2D eigenvalue weighted by Crippen LogP contribution is -2.41. The van der Waals surface area contributed by atoms with Crippen LogP contribution in [0, 0.1) is 5.92 Å². The highest BCUT2D eigenvalue weighted by atomic mass is 32.2. The van der Waals surface area contributed by atoms with Gasteiger partial charge in [0.2, 0.25) is 10.0 Å². The minimum atomic E-state index is -3.56. The fourth-order valence-electron chi connectivity index (χ4n) is 2.64. The lowest BCUT2D eigenvalue weighted by Gasteiger charge is -2.15. The van der Waals surface area contributed by atoms with Crippen molar-refractivity contribution >= 4 is 16.0 Å². The molecule has 1 aliphatic carbocycles. The third kappa shape index (κ3) is 6.72. The molecule has 1 aromatic carbocycles. The first-order chi connectivity index (χ1) is 14.1. The maximum atomic E-state index is 12.2. The summed E-state index contributed by atoms with van der Waals surface area (Å²) in [5, 5.41) is 6.33. The molecule has 0 amide bonds. The lowest BCUT2D eigenvalue weighted by molar-refractivity contribution is 0.296. The molecule has 0 bridgehead atoms. The van der Waals surface area contributed by atoms with Crippen molar-refractivity contribution in [1.29, 1.82) is 0 Å². The Bertz CT molecular complexity index is 915. The van der Waals surface area contributed by atoms with Crippen LogP contribution in [0.3, 0.4) is 0 Å². The topological polar surface area (TPSA) is 105 Å². The molecule has 3 rings (SSSR count). The normalized spacial score (nSPS) is 14.4. The number of hydrogen-bond acceptors (Lipinski definition) is 5. The number of nitrogens with one attached hydrogen (secondary N) is 3. The quantitative estimate of drug-likeness (QED) is 0.308. The SMILES string of the molecule is CN=C(NCCNS(=O)(=O)c1cccnc1)NCc1ccccc1OCC1CC1. The van der Waals surface area contributed by atoms with Crippen molar-refractivity contribution in [3.63, 3.8) is 0 Å². The molecule has 2 aromatic rings. The second-order valence-electron chi connectivity index (χ2n) is 6.80. The van der Waals surface area contributed by atoms with Gasteiger partial charge in [0.15, 0.2) is 5.96 Å². The number of rotatable bonds is 10. The summed E-state index contributed by atoms with van der Waals surface area (Å²) in [6, 6.07) is 11.0. The number of hydrogen-bond donors (Lipinski definition) is 3. The Morgan fingerprint density at radius 1 is 1.17 bits per heavy atom. The summed E-state index contributed by atoms with van der Waals surface area (Å²) >= 11 is 0. The zero-order chi connectivity index (χ0) is 20.5. The number of para-hydroxylation sites is 1. The molecular weight excluding hydrogens is 390 g/mol. The minimum Gasteiger partial charge on any atom is -0.493 e. The van der Waals surface area contributed by atoms with Gasteiger partial charge < -0.3 is 15.4 Å². The van der Waals surface area contributed by atoms with Crippen molar-refractivity contribution in [2.75, 3.05) is 26.7 Å². The first kappa shape index (κ1) is 21.1. The summed E-state index contributed by atoms with van der Waals surface area (Å²) in [5.74, 6) is 2.16. The molecule has 8 nitrogen and oxygen atoms in total. The van der Waals surface area contributed by atoms with Crippen molar-refractivity contribution in [2.24, 2.45) is 10.9 Å². The maximum Gasteiger partial charge on any atom is 0.242 e. The molecule has 0 spiro atoms. The molecule has 0 saturated heterocycles. The number of aromatic nitrogens is 1. The van der Waals surface area contributed by atoms with E-state index >= 15 is 0 Å². The van der Waals surface area contributed by atoms with Crippen LogP contribution in [0.15, 0.2) is 58.7 Å². The molecule has 3 N–H and O–H groups in total. The van der Waals surface area contributed by atoms with Crippen molar-refractivity contribution in [2.45, 2.75) is 24.3 Å². The summed E-state index contributed by atoms with van der Waals surface area (Å²) in [6.45, 7) is 1.93. The molecule has 0 atom stereocenters. The van der Waals surface area contributed by atoms with E-state index in [-0.39, 0.29) is 11.4 Å². The van der Waals surface area contributed by atoms with Gasteiger partial charge in [-0.3, -0.25) is 9.98 Å². The molecule has 9 heteroatoms. The van der Waals surface area contributed by atoms with Gasteiger partial charge in [-0.25, -0.2) is 13.1 Å². The molecule has 0 radical (unpaired) electrons. The van der Waals surface area contributed by atoms with Crippen molar-refractivity contribution in [3.8, 4) is 5.75 Å². The zero-order valence-corrected chi connectivity index (χ0v) is 17.3. The van der Waals surface area contributed by atoms with Gasteiger partial charge in [-0.2, -0.15) is 0 Å². The monoisotopic (exact) mass is 417 g/mol. The number of pyridine rings is 1. The maximum absolute atomic E-state index is 12.2. The van der Waals surface area contributed by atoms with Crippen LogP contribution in [0.25, 0.3) is 0 Å². The van der Waals surface area contributed by atoms with Crippen LogP contribution in [0.5, 0.6) is 5.75 Å². The van der Waals surface area contributed by atoms with E-state index in [2.05, 4.69) is 25.3 Å². The molecule has 1 aliphatic rings. The average Bonchev–Trinajstić information content (AvgIpc) is 3.57. The Hall–Kier alpha value is -2.65. The fraction of sp³-hybridized carbons (Fsp3) is 0.400. The minimum absolute atomic E-state index is 0.144. The van der Waals surface area contributed by atoms with E-state index in [4.69, 9.17) is 4.74 Å². The molecule has 1 saturated carbocycles. The van der Waals surface area contributed by atoms with E-state index in [1.54, 1.807) is 13.1 Å². The Balaban J connectivity index is 1.43. The Kier molecular flexibility index (Phi) is 7.42. The highest BCUT2D eigenvalue weighted by Crippen LogP contribution is 2.30. The molecule has 0 unspecified atom stereocenters. The number of benzene rings is 1. The van der Waals surface area contributed by atoms with E-state index < -0.39 is 10.0 Å². The lowest BCUT2D eigenvalue weighted by atomic mass is 10.2. The summed E-state index contributed by atoms with van der Waals surface area (Å²) in [4.78, 5) is 8.15. The Morgan fingerprint density at radius 3 is 2.72 bits per heavy atom. The van der Waals surface area contributed by atoms with Gasteiger partial charge in [-0.15, -0.1) is 0 Å². The molecule has 1 heterocycles. The van der Waals surface area contributed by atoms with Crippen molar-refractivity contribution in [3.05, 3.63) is 54.4 Å². The van der Waals surface area contributed by atoms with Gasteiger partial charge in [0.25, 0.3) is 0 Å². The zero-order valence-electron chi connectivity index (χ0n) is 16.5. The average molecular weight is 418 g/mol. The predicted octanol–water partition coefficient (Wildman–Crippen LogP) is 1.51. The third-order valence-corrected chi connectivity index (χ3v) is 5.91. The van der Waals surface area contributed by atoms with Gasteiger partial charge in [0.05, 0.1) is 6.61 Å². The number of ether oxygens (including phenoxy) is 1. The second-order valence-corrected chi connectivity index (χ2v) is 8.57. The first-order valence-electron chi connectivity index (χ1n) is 9.63. The third-order valence-electron chi connectivity index (χ3n) is 4.47. The summed E-state index contributed by atoms with van der Waals surface area (Å²) < 4.78 is 32.8. The Morgan fingerprint density at radius 2 is 2.00 bits per heavy atom. The molecular formula is C20H27N5O3S. The van der Waals surface area contributed by atoms with Gasteiger partial charge >= 0.3 is 0 Å². The van der Waals surface area contributed by atoms with Crippen LogP contribution in [0.2, 0.25) is 0 Å². The van der Waals surface area contributed by atoms with Crippen LogP contribution in [0.1, 0.15) is 18.4 Å². The summed E-state index contributed by atoms with van der Waals surface area (Å²) in [5.41, 5.74) is 1.05. The smallest absolute Gasteiger partial charge is 0.242 e. The van der Waals surface area contributed by atoms with Crippen LogP contribution >= 0.6 is 0 Å². The van der Waals surface area contributed by atoms with Crippen LogP contribution in [-0.2, 0) is 16.6 Å². The van der Waals surface area contributed by atoms with Crippen molar-refractivity contribution < 1.29 is 13.2 Å². The molecule has 29 heavy (non-hydrogen) atoms. The number of nitrogens with zero attached hydrogens (tertiary/aromatic N) is 2. The van der Waals surface area contributed by atoms with E-state index in [1.165, 1.54) is 31.3 Å². The van der Waals surface area contributed by atoms with Gasteiger partial charge in [-0.05, 0) is 37.0 Å². The van der Waals surface area contributed by atoms with Crippen LogP contribution in [-0.4, -0.2) is 46.1 Å². The van der Waals surface area contributed by atoms with Crippen LogP contribution < -0.4 is 20.1 Å². The first-order valence-corrected chi connectivity index (χ1v) is 11.1. The Labute approximate surface area is 171 Å². The predicted molar refractivity (Wildman–Crippen MR) is 112 cm³/mol. The molecule has 156 valence electrons. The van der Waals surface area contributed by atoms with E-state index in [1.807, 2.05) is 24.3 Å². The van der Waals surface area contributed by atoms with Gasteiger partial charge in [0, 0.05) is 44.6 Å². The number of aliphatic imine (C=N–C) groups is 1. The second kappa shape index (κ2) is 10.2. The molecule has 1 fully saturated rings. The largest absolute Gasteiger partial charge is 0.493 e. The molecule has 1 aromatic heterocycles. The standard InChI is InChI=1S/C20H27N5O3S/c1-21-20(23-11-12-25-29(26,27)18-6-4-10-22-14-18)24-13-17-5-2-3-7-19(17)28-15-16-8-9-16/h2-7,10,14,16,25H,8-9,11-13,15H2,1H3,(H2,21,23,24). The fourth-order valence-corrected chi connectivity index (χ4v) is 3.63.